The van der Waals surface area contributed by atoms with E-state index in [1.807, 2.05) is 18.2 Å². The minimum absolute atomic E-state index is 0.142. The number of hydrogen-bond acceptors (Lipinski definition) is 2. The van der Waals surface area contributed by atoms with Crippen LogP contribution in [0.1, 0.15) is 21.6 Å². The van der Waals surface area contributed by atoms with Crippen LogP contribution in [0, 0.1) is 5.82 Å². The number of carbonyl (C=O) groups is 1. The van der Waals surface area contributed by atoms with Gasteiger partial charge in [0.05, 0.1) is 13.7 Å². The lowest BCUT2D eigenvalue weighted by Crippen LogP contribution is -2.35. The topological polar surface area (TPSA) is 45.3 Å². The van der Waals surface area contributed by atoms with Crippen molar-refractivity contribution in [1.29, 1.82) is 0 Å². The fraction of sp³-hybridized carbons (Fsp3) is 0.211. The monoisotopic (exact) mass is 324 g/mol. The minimum Gasteiger partial charge on any atom is -0.497 e. The number of rotatable bonds is 2. The smallest absolute Gasteiger partial charge is 0.254 e. The number of nitrogens with zero attached hydrogens (tertiary/aromatic N) is 1. The summed E-state index contributed by atoms with van der Waals surface area (Å²) in [6.07, 6.45) is 0.767. The third-order valence-corrected chi connectivity index (χ3v) is 4.54. The molecular formula is C19H17FN2O2. The van der Waals surface area contributed by atoms with Gasteiger partial charge in [-0.2, -0.15) is 0 Å². The molecule has 0 aliphatic carbocycles. The molecule has 4 nitrogen and oxygen atoms in total. The van der Waals surface area contributed by atoms with Crippen LogP contribution in [-0.4, -0.2) is 29.4 Å². The molecule has 0 unspecified atom stereocenters. The fourth-order valence-corrected chi connectivity index (χ4v) is 3.32. The van der Waals surface area contributed by atoms with E-state index >= 15 is 0 Å². The summed E-state index contributed by atoms with van der Waals surface area (Å²) in [6, 6.07) is 11.8. The average molecular weight is 324 g/mol. The van der Waals surface area contributed by atoms with Crippen molar-refractivity contribution in [2.45, 2.75) is 13.0 Å². The lowest BCUT2D eigenvalue weighted by atomic mass is 10.0. The molecule has 3 aromatic rings. The van der Waals surface area contributed by atoms with Crippen LogP contribution in [0.15, 0.2) is 42.5 Å². The SMILES string of the molecule is COc1ccc2[nH]c3c(c2c1)CCN(C(=O)c1cccc(F)c1)C3. The molecule has 0 atom stereocenters. The molecule has 122 valence electrons. The summed E-state index contributed by atoms with van der Waals surface area (Å²) in [5, 5.41) is 1.14. The molecule has 0 spiro atoms. The Morgan fingerprint density at radius 3 is 2.92 bits per heavy atom. The molecule has 2 aromatic carbocycles. The number of ether oxygens (including phenoxy) is 1. The van der Waals surface area contributed by atoms with Crippen molar-refractivity contribution >= 4 is 16.8 Å². The van der Waals surface area contributed by atoms with E-state index in [2.05, 4.69) is 4.98 Å². The molecule has 0 saturated carbocycles. The molecule has 24 heavy (non-hydrogen) atoms. The van der Waals surface area contributed by atoms with Crippen LogP contribution in [0.3, 0.4) is 0 Å². The normalized spacial score (nSPS) is 13.8. The predicted molar refractivity (Wildman–Crippen MR) is 89.7 cm³/mol. The standard InChI is InChI=1S/C19H17FN2O2/c1-24-14-5-6-17-16(10-14)15-7-8-22(11-18(15)21-17)19(23)12-3-2-4-13(20)9-12/h2-6,9-10,21H,7-8,11H2,1H3. The number of nitrogens with one attached hydrogen (secondary N) is 1. The maximum absolute atomic E-state index is 13.4. The van der Waals surface area contributed by atoms with Crippen molar-refractivity contribution in [2.24, 2.45) is 0 Å². The summed E-state index contributed by atoms with van der Waals surface area (Å²) in [4.78, 5) is 17.7. The maximum Gasteiger partial charge on any atom is 0.254 e. The molecule has 0 radical (unpaired) electrons. The van der Waals surface area contributed by atoms with E-state index in [1.165, 1.54) is 17.7 Å². The van der Waals surface area contributed by atoms with Gasteiger partial charge in [0, 0.05) is 28.7 Å². The number of amides is 1. The molecule has 5 heteroatoms. The quantitative estimate of drug-likeness (QED) is 0.784. The Balaban J connectivity index is 1.65. The number of aromatic nitrogens is 1. The van der Waals surface area contributed by atoms with Gasteiger partial charge in [-0.1, -0.05) is 6.07 Å². The zero-order valence-electron chi connectivity index (χ0n) is 13.3. The minimum atomic E-state index is -0.392. The van der Waals surface area contributed by atoms with Gasteiger partial charge in [0.2, 0.25) is 0 Å². The van der Waals surface area contributed by atoms with Crippen LogP contribution < -0.4 is 4.74 Å². The molecule has 0 bridgehead atoms. The first kappa shape index (κ1) is 14.8. The molecule has 1 aliphatic rings. The summed E-state index contributed by atoms with van der Waals surface area (Å²) < 4.78 is 18.7. The van der Waals surface area contributed by atoms with Crippen molar-refractivity contribution in [3.63, 3.8) is 0 Å². The zero-order valence-corrected chi connectivity index (χ0v) is 13.3. The Morgan fingerprint density at radius 2 is 2.12 bits per heavy atom. The highest BCUT2D eigenvalue weighted by molar-refractivity contribution is 5.95. The van der Waals surface area contributed by atoms with Gasteiger partial charge in [0.15, 0.2) is 0 Å². The van der Waals surface area contributed by atoms with E-state index in [0.717, 1.165) is 28.8 Å². The molecule has 1 aromatic heterocycles. The summed E-state index contributed by atoms with van der Waals surface area (Å²) in [5.74, 6) is 0.287. The summed E-state index contributed by atoms with van der Waals surface area (Å²) in [7, 11) is 1.65. The number of H-pyrrole nitrogens is 1. The van der Waals surface area contributed by atoms with Crippen molar-refractivity contribution in [1.82, 2.24) is 9.88 Å². The van der Waals surface area contributed by atoms with E-state index in [0.29, 0.717) is 18.7 Å². The van der Waals surface area contributed by atoms with Gasteiger partial charge < -0.3 is 14.6 Å². The van der Waals surface area contributed by atoms with Gasteiger partial charge >= 0.3 is 0 Å². The Labute approximate surface area is 138 Å². The van der Waals surface area contributed by atoms with Crippen molar-refractivity contribution < 1.29 is 13.9 Å². The molecule has 4 rings (SSSR count). The second-order valence-corrected chi connectivity index (χ2v) is 5.98. The number of methoxy groups -OCH3 is 1. The zero-order chi connectivity index (χ0) is 16.7. The Kier molecular flexibility index (Phi) is 3.49. The fourth-order valence-electron chi connectivity index (χ4n) is 3.32. The van der Waals surface area contributed by atoms with Crippen LogP contribution in [0.25, 0.3) is 10.9 Å². The molecular weight excluding hydrogens is 307 g/mol. The highest BCUT2D eigenvalue weighted by atomic mass is 19.1. The maximum atomic E-state index is 13.4. The predicted octanol–water partition coefficient (Wildman–Crippen LogP) is 3.51. The second-order valence-electron chi connectivity index (χ2n) is 5.98. The van der Waals surface area contributed by atoms with Crippen molar-refractivity contribution in [3.8, 4) is 5.75 Å². The summed E-state index contributed by atoms with van der Waals surface area (Å²) in [5.41, 5.74) is 3.69. The van der Waals surface area contributed by atoms with E-state index in [4.69, 9.17) is 4.74 Å². The number of hydrogen-bond donors (Lipinski definition) is 1. The average Bonchev–Trinajstić information content (AvgIpc) is 2.97. The van der Waals surface area contributed by atoms with E-state index < -0.39 is 5.82 Å². The Hall–Kier alpha value is -2.82. The van der Waals surface area contributed by atoms with Gasteiger partial charge in [-0.15, -0.1) is 0 Å². The first-order valence-electron chi connectivity index (χ1n) is 7.88. The van der Waals surface area contributed by atoms with Gasteiger partial charge in [-0.05, 0) is 48.4 Å². The van der Waals surface area contributed by atoms with Gasteiger partial charge in [0.1, 0.15) is 11.6 Å². The van der Waals surface area contributed by atoms with Crippen LogP contribution in [0.4, 0.5) is 4.39 Å². The lowest BCUT2D eigenvalue weighted by molar-refractivity contribution is 0.0732. The lowest BCUT2D eigenvalue weighted by Gasteiger charge is -2.27. The first-order chi connectivity index (χ1) is 11.7. The van der Waals surface area contributed by atoms with E-state index in [1.54, 1.807) is 24.1 Å². The van der Waals surface area contributed by atoms with Crippen molar-refractivity contribution in [3.05, 3.63) is 65.1 Å². The summed E-state index contributed by atoms with van der Waals surface area (Å²) >= 11 is 0. The van der Waals surface area contributed by atoms with Crippen molar-refractivity contribution in [2.75, 3.05) is 13.7 Å². The van der Waals surface area contributed by atoms with Crippen LogP contribution >= 0.6 is 0 Å². The van der Waals surface area contributed by atoms with Crippen LogP contribution in [0.2, 0.25) is 0 Å². The highest BCUT2D eigenvalue weighted by Crippen LogP contribution is 2.30. The molecule has 1 aliphatic heterocycles. The van der Waals surface area contributed by atoms with Gasteiger partial charge in [0.25, 0.3) is 5.91 Å². The van der Waals surface area contributed by atoms with Gasteiger partial charge in [-0.3, -0.25) is 4.79 Å². The van der Waals surface area contributed by atoms with Crippen LogP contribution in [-0.2, 0) is 13.0 Å². The highest BCUT2D eigenvalue weighted by Gasteiger charge is 2.25. The number of halogens is 1. The Morgan fingerprint density at radius 1 is 1.25 bits per heavy atom. The molecule has 1 N–H and O–H groups in total. The van der Waals surface area contributed by atoms with Gasteiger partial charge in [-0.25, -0.2) is 4.39 Å². The van der Waals surface area contributed by atoms with Crippen LogP contribution in [0.5, 0.6) is 5.75 Å². The third-order valence-electron chi connectivity index (χ3n) is 4.54. The Bertz CT molecular complexity index is 932. The summed E-state index contributed by atoms with van der Waals surface area (Å²) in [6.45, 7) is 1.12. The molecule has 0 fully saturated rings. The number of fused-ring (bicyclic) bond motifs is 3. The molecule has 1 amide bonds. The number of aromatic amines is 1. The number of benzene rings is 2. The van der Waals surface area contributed by atoms with E-state index in [9.17, 15) is 9.18 Å². The largest absolute Gasteiger partial charge is 0.497 e. The first-order valence-corrected chi connectivity index (χ1v) is 7.88. The van der Waals surface area contributed by atoms with E-state index in [-0.39, 0.29) is 5.91 Å². The number of carbonyl (C=O) groups excluding carboxylic acids is 1. The second kappa shape index (κ2) is 5.67. The third kappa shape index (κ3) is 2.42. The molecule has 2 heterocycles. The molecule has 0 saturated heterocycles.